The molecule has 0 atom stereocenters. The highest BCUT2D eigenvalue weighted by Crippen LogP contribution is 2.34. The second-order valence-electron chi connectivity index (χ2n) is 3.65. The van der Waals surface area contributed by atoms with E-state index in [9.17, 15) is 4.79 Å². The maximum Gasteiger partial charge on any atom is 0.331 e. The number of allylic oxidation sites excluding steroid dienone is 1. The molecule has 0 saturated carbocycles. The van der Waals surface area contributed by atoms with Crippen LogP contribution in [0.2, 0.25) is 0 Å². The molecule has 90 valence electrons. The predicted octanol–water partition coefficient (Wildman–Crippen LogP) is 2.38. The van der Waals surface area contributed by atoms with E-state index in [0.717, 1.165) is 16.9 Å². The first-order valence-electron chi connectivity index (χ1n) is 5.46. The number of benzene rings is 1. The summed E-state index contributed by atoms with van der Waals surface area (Å²) in [5.41, 5.74) is 1.75. The summed E-state index contributed by atoms with van der Waals surface area (Å²) in [7, 11) is 0. The molecule has 17 heavy (non-hydrogen) atoms. The summed E-state index contributed by atoms with van der Waals surface area (Å²) < 4.78 is 15.4. The fraction of sp³-hybridized carbons (Fsp3) is 0.308. The van der Waals surface area contributed by atoms with Gasteiger partial charge in [0.25, 0.3) is 0 Å². The van der Waals surface area contributed by atoms with Crippen LogP contribution in [-0.2, 0) is 9.53 Å². The zero-order valence-corrected chi connectivity index (χ0v) is 9.86. The summed E-state index contributed by atoms with van der Waals surface area (Å²) in [4.78, 5) is 11.3. The molecule has 0 spiro atoms. The SMILES string of the molecule is CCOC(=O)C=C(C)c1ccc2c(c1)OCO2. The minimum absolute atomic E-state index is 0.249. The molecule has 0 unspecified atom stereocenters. The third kappa shape index (κ3) is 2.58. The molecule has 1 aliphatic heterocycles. The number of esters is 1. The van der Waals surface area contributed by atoms with Crippen molar-refractivity contribution < 1.29 is 19.0 Å². The van der Waals surface area contributed by atoms with Crippen LogP contribution in [0.4, 0.5) is 0 Å². The lowest BCUT2D eigenvalue weighted by atomic mass is 10.1. The van der Waals surface area contributed by atoms with Crippen LogP contribution in [0, 0.1) is 0 Å². The van der Waals surface area contributed by atoms with E-state index < -0.39 is 0 Å². The highest BCUT2D eigenvalue weighted by atomic mass is 16.7. The van der Waals surface area contributed by atoms with Crippen LogP contribution in [0.3, 0.4) is 0 Å². The standard InChI is InChI=1S/C13H14O4/c1-3-15-13(14)6-9(2)10-4-5-11-12(7-10)17-8-16-11/h4-7H,3,8H2,1-2H3. The summed E-state index contributed by atoms with van der Waals surface area (Å²) >= 11 is 0. The molecule has 1 aliphatic rings. The summed E-state index contributed by atoms with van der Waals surface area (Å²) in [6.07, 6.45) is 1.47. The van der Waals surface area contributed by atoms with Crippen LogP contribution >= 0.6 is 0 Å². The molecule has 4 heteroatoms. The molecule has 1 aromatic rings. The molecule has 1 aromatic carbocycles. The minimum atomic E-state index is -0.331. The lowest BCUT2D eigenvalue weighted by Gasteiger charge is -2.03. The van der Waals surface area contributed by atoms with E-state index in [1.807, 2.05) is 25.1 Å². The van der Waals surface area contributed by atoms with Gasteiger partial charge in [0, 0.05) is 6.08 Å². The normalized spacial score (nSPS) is 13.6. The summed E-state index contributed by atoms with van der Waals surface area (Å²) in [5, 5.41) is 0. The minimum Gasteiger partial charge on any atom is -0.463 e. The quantitative estimate of drug-likeness (QED) is 0.595. The number of carbonyl (C=O) groups is 1. The Kier molecular flexibility index (Phi) is 3.32. The van der Waals surface area contributed by atoms with Gasteiger partial charge in [-0.25, -0.2) is 4.79 Å². The lowest BCUT2D eigenvalue weighted by Crippen LogP contribution is -2.00. The van der Waals surface area contributed by atoms with E-state index >= 15 is 0 Å². The predicted molar refractivity (Wildman–Crippen MR) is 62.8 cm³/mol. The van der Waals surface area contributed by atoms with Crippen LogP contribution in [-0.4, -0.2) is 19.4 Å². The van der Waals surface area contributed by atoms with Crippen molar-refractivity contribution in [3.8, 4) is 11.5 Å². The molecule has 0 aliphatic carbocycles. The molecule has 4 nitrogen and oxygen atoms in total. The van der Waals surface area contributed by atoms with Gasteiger partial charge in [0.15, 0.2) is 11.5 Å². The number of hydrogen-bond acceptors (Lipinski definition) is 4. The highest BCUT2D eigenvalue weighted by molar-refractivity contribution is 5.91. The third-order valence-corrected chi connectivity index (χ3v) is 2.45. The first kappa shape index (κ1) is 11.5. The van der Waals surface area contributed by atoms with Crippen molar-refractivity contribution >= 4 is 11.5 Å². The molecule has 0 bridgehead atoms. The van der Waals surface area contributed by atoms with E-state index in [0.29, 0.717) is 12.4 Å². The average molecular weight is 234 g/mol. The number of hydrogen-bond donors (Lipinski definition) is 0. The van der Waals surface area contributed by atoms with E-state index in [1.165, 1.54) is 6.08 Å². The molecular weight excluding hydrogens is 220 g/mol. The van der Waals surface area contributed by atoms with Crippen molar-refractivity contribution in [3.63, 3.8) is 0 Å². The fourth-order valence-corrected chi connectivity index (χ4v) is 1.59. The maximum absolute atomic E-state index is 11.3. The van der Waals surface area contributed by atoms with Crippen molar-refractivity contribution in [1.82, 2.24) is 0 Å². The smallest absolute Gasteiger partial charge is 0.331 e. The Balaban J connectivity index is 2.19. The fourth-order valence-electron chi connectivity index (χ4n) is 1.59. The average Bonchev–Trinajstić information content (AvgIpc) is 2.75. The molecule has 0 radical (unpaired) electrons. The monoisotopic (exact) mass is 234 g/mol. The van der Waals surface area contributed by atoms with Gasteiger partial charge in [-0.1, -0.05) is 6.07 Å². The molecule has 0 aromatic heterocycles. The molecular formula is C13H14O4. The van der Waals surface area contributed by atoms with Gasteiger partial charge in [-0.15, -0.1) is 0 Å². The first-order valence-corrected chi connectivity index (χ1v) is 5.46. The third-order valence-electron chi connectivity index (χ3n) is 2.45. The van der Waals surface area contributed by atoms with Crippen LogP contribution in [0.1, 0.15) is 19.4 Å². The molecule has 0 fully saturated rings. The summed E-state index contributed by atoms with van der Waals surface area (Å²) in [6.45, 7) is 4.26. The van der Waals surface area contributed by atoms with Crippen LogP contribution < -0.4 is 9.47 Å². The van der Waals surface area contributed by atoms with Crippen molar-refractivity contribution in [2.45, 2.75) is 13.8 Å². The van der Waals surface area contributed by atoms with E-state index in [-0.39, 0.29) is 12.8 Å². The second-order valence-corrected chi connectivity index (χ2v) is 3.65. The van der Waals surface area contributed by atoms with Crippen molar-refractivity contribution in [2.75, 3.05) is 13.4 Å². The van der Waals surface area contributed by atoms with Crippen molar-refractivity contribution in [2.24, 2.45) is 0 Å². The Bertz CT molecular complexity index is 462. The largest absolute Gasteiger partial charge is 0.463 e. The summed E-state index contributed by atoms with van der Waals surface area (Å²) in [5.74, 6) is 1.11. The number of fused-ring (bicyclic) bond motifs is 1. The van der Waals surface area contributed by atoms with E-state index in [2.05, 4.69) is 0 Å². The van der Waals surface area contributed by atoms with Crippen molar-refractivity contribution in [1.29, 1.82) is 0 Å². The zero-order valence-electron chi connectivity index (χ0n) is 9.86. The molecule has 0 amide bonds. The van der Waals surface area contributed by atoms with Gasteiger partial charge in [0.2, 0.25) is 6.79 Å². The second kappa shape index (κ2) is 4.91. The van der Waals surface area contributed by atoms with Crippen molar-refractivity contribution in [3.05, 3.63) is 29.8 Å². The molecule has 2 rings (SSSR count). The van der Waals surface area contributed by atoms with Gasteiger partial charge in [-0.05, 0) is 37.1 Å². The van der Waals surface area contributed by atoms with Gasteiger partial charge in [0.1, 0.15) is 0 Å². The molecule has 0 saturated heterocycles. The zero-order chi connectivity index (χ0) is 12.3. The van der Waals surface area contributed by atoms with Crippen LogP contribution in [0.5, 0.6) is 11.5 Å². The lowest BCUT2D eigenvalue weighted by molar-refractivity contribution is -0.137. The van der Waals surface area contributed by atoms with Crippen LogP contribution in [0.25, 0.3) is 5.57 Å². The number of rotatable bonds is 3. The van der Waals surface area contributed by atoms with Gasteiger partial charge in [-0.2, -0.15) is 0 Å². The molecule has 0 N–H and O–H groups in total. The maximum atomic E-state index is 11.3. The Morgan fingerprint density at radius 2 is 2.18 bits per heavy atom. The number of ether oxygens (including phenoxy) is 3. The Morgan fingerprint density at radius 3 is 2.94 bits per heavy atom. The van der Waals surface area contributed by atoms with E-state index in [1.54, 1.807) is 6.92 Å². The Labute approximate surface area is 99.8 Å². The number of carbonyl (C=O) groups excluding carboxylic acids is 1. The summed E-state index contributed by atoms with van der Waals surface area (Å²) in [6, 6.07) is 5.58. The first-order chi connectivity index (χ1) is 8.20. The topological polar surface area (TPSA) is 44.8 Å². The molecule has 1 heterocycles. The van der Waals surface area contributed by atoms with Gasteiger partial charge >= 0.3 is 5.97 Å². The van der Waals surface area contributed by atoms with Crippen LogP contribution in [0.15, 0.2) is 24.3 Å². The van der Waals surface area contributed by atoms with Gasteiger partial charge in [-0.3, -0.25) is 0 Å². The highest BCUT2D eigenvalue weighted by Gasteiger charge is 2.13. The van der Waals surface area contributed by atoms with Gasteiger partial charge < -0.3 is 14.2 Å². The van der Waals surface area contributed by atoms with E-state index in [4.69, 9.17) is 14.2 Å². The van der Waals surface area contributed by atoms with Gasteiger partial charge in [0.05, 0.1) is 6.61 Å². The Hall–Kier alpha value is -1.97. The Morgan fingerprint density at radius 1 is 1.41 bits per heavy atom.